The highest BCUT2D eigenvalue weighted by Gasteiger charge is 2.03. The SMILES string of the molecule is C=C/C=C(\C=C)NCC1=NCCN1. The van der Waals surface area contributed by atoms with Gasteiger partial charge in [-0.05, 0) is 12.2 Å². The van der Waals surface area contributed by atoms with Gasteiger partial charge in [0.2, 0.25) is 0 Å². The summed E-state index contributed by atoms with van der Waals surface area (Å²) < 4.78 is 0. The van der Waals surface area contributed by atoms with Crippen LogP contribution < -0.4 is 10.6 Å². The first-order valence-electron chi connectivity index (χ1n) is 4.33. The van der Waals surface area contributed by atoms with E-state index in [-0.39, 0.29) is 0 Å². The number of nitrogens with zero attached hydrogens (tertiary/aromatic N) is 1. The molecule has 3 heteroatoms. The topological polar surface area (TPSA) is 36.4 Å². The molecule has 3 nitrogen and oxygen atoms in total. The summed E-state index contributed by atoms with van der Waals surface area (Å²) in [5.74, 6) is 1.01. The molecule has 0 radical (unpaired) electrons. The van der Waals surface area contributed by atoms with Crippen LogP contribution in [0.25, 0.3) is 0 Å². The second-order valence-corrected chi connectivity index (χ2v) is 2.67. The fourth-order valence-corrected chi connectivity index (χ4v) is 1.08. The highest BCUT2D eigenvalue weighted by molar-refractivity contribution is 5.85. The van der Waals surface area contributed by atoms with Crippen molar-refractivity contribution >= 4 is 5.84 Å². The molecular formula is C10H15N3. The van der Waals surface area contributed by atoms with Gasteiger partial charge in [-0.25, -0.2) is 0 Å². The van der Waals surface area contributed by atoms with E-state index in [9.17, 15) is 0 Å². The maximum atomic E-state index is 4.26. The van der Waals surface area contributed by atoms with Gasteiger partial charge in [-0.2, -0.15) is 0 Å². The Hall–Kier alpha value is -1.51. The number of hydrogen-bond acceptors (Lipinski definition) is 3. The summed E-state index contributed by atoms with van der Waals surface area (Å²) >= 11 is 0. The highest BCUT2D eigenvalue weighted by atomic mass is 15.1. The number of allylic oxidation sites excluding steroid dienone is 3. The molecule has 0 aromatic carbocycles. The van der Waals surface area contributed by atoms with Crippen molar-refractivity contribution in [3.05, 3.63) is 37.1 Å². The minimum Gasteiger partial charge on any atom is -0.378 e. The number of aliphatic imine (C=N–C) groups is 1. The Bertz CT molecular complexity index is 251. The molecule has 0 spiro atoms. The van der Waals surface area contributed by atoms with E-state index in [1.54, 1.807) is 12.2 Å². The second-order valence-electron chi connectivity index (χ2n) is 2.67. The van der Waals surface area contributed by atoms with Crippen LogP contribution in [0, 0.1) is 0 Å². The molecule has 0 saturated carbocycles. The lowest BCUT2D eigenvalue weighted by molar-refractivity contribution is 0.914. The molecule has 0 saturated heterocycles. The lowest BCUT2D eigenvalue weighted by Crippen LogP contribution is -2.30. The zero-order valence-electron chi connectivity index (χ0n) is 7.71. The van der Waals surface area contributed by atoms with Gasteiger partial charge in [-0.15, -0.1) is 0 Å². The quantitative estimate of drug-likeness (QED) is 0.610. The number of amidine groups is 1. The molecule has 0 fully saturated rings. The monoisotopic (exact) mass is 177 g/mol. The summed E-state index contributed by atoms with van der Waals surface area (Å²) in [5.41, 5.74) is 0.964. The molecule has 0 unspecified atom stereocenters. The maximum absolute atomic E-state index is 4.26. The summed E-state index contributed by atoms with van der Waals surface area (Å²) in [6.07, 6.45) is 5.37. The summed E-state index contributed by atoms with van der Waals surface area (Å²) in [7, 11) is 0. The largest absolute Gasteiger partial charge is 0.378 e. The zero-order valence-corrected chi connectivity index (χ0v) is 7.71. The van der Waals surface area contributed by atoms with E-state index in [0.29, 0.717) is 0 Å². The molecule has 2 N–H and O–H groups in total. The lowest BCUT2D eigenvalue weighted by atomic mass is 10.3. The maximum Gasteiger partial charge on any atom is 0.116 e. The fourth-order valence-electron chi connectivity index (χ4n) is 1.08. The van der Waals surface area contributed by atoms with Gasteiger partial charge in [0.15, 0.2) is 0 Å². The van der Waals surface area contributed by atoms with E-state index >= 15 is 0 Å². The summed E-state index contributed by atoms with van der Waals surface area (Å²) in [4.78, 5) is 4.26. The normalized spacial score (nSPS) is 16.0. The third-order valence-electron chi connectivity index (χ3n) is 1.72. The average Bonchev–Trinajstić information content (AvgIpc) is 2.64. The fraction of sp³-hybridized carbons (Fsp3) is 0.300. The first-order chi connectivity index (χ1) is 6.36. The third-order valence-corrected chi connectivity index (χ3v) is 1.72. The Morgan fingerprint density at radius 3 is 3.00 bits per heavy atom. The molecule has 1 rings (SSSR count). The molecular weight excluding hydrogens is 162 g/mol. The van der Waals surface area contributed by atoms with Crippen molar-refractivity contribution in [3.8, 4) is 0 Å². The Labute approximate surface area is 78.9 Å². The second kappa shape index (κ2) is 5.19. The first-order valence-corrected chi connectivity index (χ1v) is 4.33. The van der Waals surface area contributed by atoms with Crippen molar-refractivity contribution in [1.82, 2.24) is 10.6 Å². The highest BCUT2D eigenvalue weighted by Crippen LogP contribution is 1.91. The van der Waals surface area contributed by atoms with Crippen molar-refractivity contribution < 1.29 is 0 Å². The molecule has 0 amide bonds. The van der Waals surface area contributed by atoms with Crippen LogP contribution in [0.3, 0.4) is 0 Å². The first kappa shape index (κ1) is 9.58. The third kappa shape index (κ3) is 3.15. The van der Waals surface area contributed by atoms with Crippen LogP contribution >= 0.6 is 0 Å². The molecule has 1 aliphatic heterocycles. The molecule has 1 heterocycles. The molecule has 0 atom stereocenters. The molecule has 13 heavy (non-hydrogen) atoms. The van der Waals surface area contributed by atoms with Crippen molar-refractivity contribution in [3.63, 3.8) is 0 Å². The smallest absolute Gasteiger partial charge is 0.116 e. The van der Waals surface area contributed by atoms with Gasteiger partial charge in [0.1, 0.15) is 5.84 Å². The van der Waals surface area contributed by atoms with E-state index in [2.05, 4.69) is 28.8 Å². The predicted molar refractivity (Wildman–Crippen MR) is 56.8 cm³/mol. The number of nitrogens with one attached hydrogen (secondary N) is 2. The molecule has 0 aliphatic carbocycles. The van der Waals surface area contributed by atoms with Crippen LogP contribution in [0.4, 0.5) is 0 Å². The van der Waals surface area contributed by atoms with E-state index < -0.39 is 0 Å². The molecule has 0 bridgehead atoms. The average molecular weight is 177 g/mol. The Morgan fingerprint density at radius 1 is 1.62 bits per heavy atom. The van der Waals surface area contributed by atoms with E-state index in [4.69, 9.17) is 0 Å². The van der Waals surface area contributed by atoms with Crippen molar-refractivity contribution in [2.45, 2.75) is 0 Å². The van der Waals surface area contributed by atoms with Crippen LogP contribution in [0.5, 0.6) is 0 Å². The van der Waals surface area contributed by atoms with Gasteiger partial charge in [0.05, 0.1) is 13.1 Å². The summed E-state index contributed by atoms with van der Waals surface area (Å²) in [6, 6.07) is 0. The van der Waals surface area contributed by atoms with Gasteiger partial charge < -0.3 is 10.6 Å². The minimum absolute atomic E-state index is 0.728. The van der Waals surface area contributed by atoms with Crippen molar-refractivity contribution in [2.75, 3.05) is 19.6 Å². The molecule has 0 aromatic heterocycles. The van der Waals surface area contributed by atoms with Crippen LogP contribution in [-0.4, -0.2) is 25.5 Å². The van der Waals surface area contributed by atoms with Crippen LogP contribution in [-0.2, 0) is 0 Å². The van der Waals surface area contributed by atoms with E-state index in [0.717, 1.165) is 31.2 Å². The summed E-state index contributed by atoms with van der Waals surface area (Å²) in [6.45, 7) is 9.86. The Balaban J connectivity index is 2.35. The van der Waals surface area contributed by atoms with Gasteiger partial charge in [0, 0.05) is 12.2 Å². The van der Waals surface area contributed by atoms with Gasteiger partial charge in [-0.1, -0.05) is 19.2 Å². The molecule has 70 valence electrons. The predicted octanol–water partition coefficient (Wildman–Crippen LogP) is 0.834. The minimum atomic E-state index is 0.728. The zero-order chi connectivity index (χ0) is 9.52. The molecule has 1 aliphatic rings. The van der Waals surface area contributed by atoms with Crippen LogP contribution in [0.15, 0.2) is 42.1 Å². The van der Waals surface area contributed by atoms with E-state index in [1.165, 1.54) is 0 Å². The van der Waals surface area contributed by atoms with Crippen molar-refractivity contribution in [1.29, 1.82) is 0 Å². The van der Waals surface area contributed by atoms with Gasteiger partial charge in [-0.3, -0.25) is 4.99 Å². The lowest BCUT2D eigenvalue weighted by Gasteiger charge is -2.06. The van der Waals surface area contributed by atoms with Crippen LogP contribution in [0.1, 0.15) is 0 Å². The van der Waals surface area contributed by atoms with Gasteiger partial charge in [0.25, 0.3) is 0 Å². The molecule has 0 aromatic rings. The van der Waals surface area contributed by atoms with Gasteiger partial charge >= 0.3 is 0 Å². The summed E-state index contributed by atoms with van der Waals surface area (Å²) in [5, 5.41) is 6.37. The van der Waals surface area contributed by atoms with Crippen LogP contribution in [0.2, 0.25) is 0 Å². The van der Waals surface area contributed by atoms with E-state index in [1.807, 2.05) is 6.08 Å². The standard InChI is InChI=1S/C10H15N3/c1-3-5-9(4-2)13-8-10-11-6-7-12-10/h3-5,13H,1-2,6-8H2,(H,11,12)/b9-5+. The Morgan fingerprint density at radius 2 is 2.46 bits per heavy atom. The van der Waals surface area contributed by atoms with Crippen molar-refractivity contribution in [2.24, 2.45) is 4.99 Å². The number of rotatable bonds is 5. The Kier molecular flexibility index (Phi) is 3.82. The number of hydrogen-bond donors (Lipinski definition) is 2.